The number of anilines is 2. The van der Waals surface area contributed by atoms with Crippen LogP contribution in [0.15, 0.2) is 119 Å². The topological polar surface area (TPSA) is 83.1 Å². The van der Waals surface area contributed by atoms with Gasteiger partial charge in [-0.2, -0.15) is 8.88 Å². The van der Waals surface area contributed by atoms with Crippen molar-refractivity contribution in [1.82, 2.24) is 8.88 Å². The number of fused-ring (bicyclic) bond motifs is 4. The van der Waals surface area contributed by atoms with Gasteiger partial charge in [0.1, 0.15) is 17.4 Å². The second kappa shape index (κ2) is 13.4. The van der Waals surface area contributed by atoms with Crippen LogP contribution in [0, 0.1) is 0 Å². The van der Waals surface area contributed by atoms with Crippen LogP contribution in [0.3, 0.4) is 0 Å². The molecule has 264 valence electrons. The molecule has 0 radical (unpaired) electrons. The van der Waals surface area contributed by atoms with Crippen LogP contribution in [-0.4, -0.2) is 51.0 Å². The van der Waals surface area contributed by atoms with E-state index in [0.29, 0.717) is 35.3 Å². The molecular formula is C43H42N3O5S+. The number of sulfonamides is 1. The number of piperidine rings is 1. The summed E-state index contributed by atoms with van der Waals surface area (Å²) >= 11 is 0. The molecule has 9 heteroatoms. The zero-order chi connectivity index (χ0) is 36.1. The average molecular weight is 713 g/mol. The molecule has 0 spiro atoms. The molecule has 0 amide bonds. The van der Waals surface area contributed by atoms with Crippen LogP contribution in [0.2, 0.25) is 0 Å². The Kier molecular flexibility index (Phi) is 8.71. The van der Waals surface area contributed by atoms with Crippen molar-refractivity contribution in [2.24, 2.45) is 0 Å². The van der Waals surface area contributed by atoms with E-state index in [-0.39, 0.29) is 24.1 Å². The van der Waals surface area contributed by atoms with Crippen molar-refractivity contribution in [3.63, 3.8) is 0 Å². The quantitative estimate of drug-likeness (QED) is 0.0565. The SMILES string of the molecule is C=C(C)C(=O)OC1CCN(S(=O)(=O)C(=C)/C(=C\C)c2c3cc/c(=[N+]4/CCc5ccccc54)cc-3oc3cc(N4CCc5ccccc54)ccc23)CC1. The Morgan fingerprint density at radius 3 is 2.44 bits per heavy atom. The number of ether oxygens (including phenoxy) is 1. The average Bonchev–Trinajstić information content (AvgIpc) is 3.79. The van der Waals surface area contributed by atoms with E-state index in [4.69, 9.17) is 9.15 Å². The smallest absolute Gasteiger partial charge is 0.333 e. The molecule has 3 aromatic rings. The Labute approximate surface area is 304 Å². The number of rotatable bonds is 7. The fourth-order valence-corrected chi connectivity index (χ4v) is 9.39. The van der Waals surface area contributed by atoms with Gasteiger partial charge in [0.25, 0.3) is 0 Å². The number of carbonyl (C=O) groups is 1. The van der Waals surface area contributed by atoms with Gasteiger partial charge in [-0.05, 0) is 68.5 Å². The second-order valence-electron chi connectivity index (χ2n) is 13.8. The van der Waals surface area contributed by atoms with Crippen LogP contribution < -0.4 is 14.8 Å². The largest absolute Gasteiger partial charge is 0.459 e. The number of hydrogen-bond donors (Lipinski definition) is 0. The Bertz CT molecular complexity index is 2470. The van der Waals surface area contributed by atoms with Gasteiger partial charge in [0.15, 0.2) is 6.54 Å². The fourth-order valence-electron chi connectivity index (χ4n) is 7.89. The van der Waals surface area contributed by atoms with Gasteiger partial charge < -0.3 is 14.1 Å². The zero-order valence-electron chi connectivity index (χ0n) is 29.6. The molecule has 1 saturated heterocycles. The first kappa shape index (κ1) is 33.9. The minimum Gasteiger partial charge on any atom is -0.459 e. The third kappa shape index (κ3) is 5.87. The summed E-state index contributed by atoms with van der Waals surface area (Å²) in [5.74, 6) is 0.206. The maximum atomic E-state index is 14.3. The lowest BCUT2D eigenvalue weighted by Crippen LogP contribution is -2.41. The summed E-state index contributed by atoms with van der Waals surface area (Å²) in [4.78, 5) is 14.4. The van der Waals surface area contributed by atoms with Crippen molar-refractivity contribution in [2.75, 3.05) is 31.1 Å². The molecule has 0 bridgehead atoms. The summed E-state index contributed by atoms with van der Waals surface area (Å²) in [7, 11) is -3.97. The Balaban J connectivity index is 1.23. The molecule has 4 aliphatic heterocycles. The summed E-state index contributed by atoms with van der Waals surface area (Å²) in [6, 6.07) is 29.3. The van der Waals surface area contributed by atoms with E-state index in [1.54, 1.807) is 6.92 Å². The number of carbonyl (C=O) groups excluding carboxylic acids is 1. The van der Waals surface area contributed by atoms with Gasteiger partial charge in [0, 0.05) is 83.3 Å². The molecule has 4 heterocycles. The molecule has 52 heavy (non-hydrogen) atoms. The molecular weight excluding hydrogens is 671 g/mol. The van der Waals surface area contributed by atoms with Gasteiger partial charge in [-0.25, -0.2) is 13.2 Å². The van der Waals surface area contributed by atoms with E-state index in [1.807, 2.05) is 25.1 Å². The van der Waals surface area contributed by atoms with E-state index in [2.05, 4.69) is 95.4 Å². The molecule has 0 aromatic heterocycles. The Morgan fingerprint density at radius 2 is 1.67 bits per heavy atom. The number of esters is 1. The predicted molar refractivity (Wildman–Crippen MR) is 207 cm³/mol. The predicted octanol–water partition coefficient (Wildman–Crippen LogP) is 7.72. The van der Waals surface area contributed by atoms with Gasteiger partial charge in [0.05, 0.1) is 11.0 Å². The summed E-state index contributed by atoms with van der Waals surface area (Å²) in [5, 5.41) is 1.82. The summed E-state index contributed by atoms with van der Waals surface area (Å²) in [6.45, 7) is 13.5. The molecule has 0 unspecified atom stereocenters. The highest BCUT2D eigenvalue weighted by molar-refractivity contribution is 7.93. The first-order valence-electron chi connectivity index (χ1n) is 17.9. The number of hydrogen-bond acceptors (Lipinski definition) is 6. The summed E-state index contributed by atoms with van der Waals surface area (Å²) < 4.78 is 44.6. The van der Waals surface area contributed by atoms with Gasteiger partial charge in [0.2, 0.25) is 21.1 Å². The lowest BCUT2D eigenvalue weighted by Gasteiger charge is -2.32. The molecule has 1 aliphatic carbocycles. The van der Waals surface area contributed by atoms with Crippen molar-refractivity contribution in [1.29, 1.82) is 0 Å². The third-order valence-electron chi connectivity index (χ3n) is 10.6. The molecule has 0 N–H and O–H groups in total. The molecule has 8 nitrogen and oxygen atoms in total. The number of nitrogens with zero attached hydrogens (tertiary/aromatic N) is 3. The Hall–Kier alpha value is -5.25. The molecule has 3 aromatic carbocycles. The molecule has 0 atom stereocenters. The van der Waals surface area contributed by atoms with E-state index in [1.165, 1.54) is 26.8 Å². The van der Waals surface area contributed by atoms with Crippen molar-refractivity contribution in [2.45, 2.75) is 45.6 Å². The lowest BCUT2D eigenvalue weighted by atomic mass is 9.93. The number of allylic oxidation sites excluding steroid dienone is 2. The minimum atomic E-state index is -3.97. The third-order valence-corrected chi connectivity index (χ3v) is 12.5. The van der Waals surface area contributed by atoms with Gasteiger partial charge in [-0.3, -0.25) is 0 Å². The first-order valence-corrected chi connectivity index (χ1v) is 19.3. The maximum absolute atomic E-state index is 14.3. The van der Waals surface area contributed by atoms with Crippen molar-refractivity contribution in [3.05, 3.63) is 137 Å². The summed E-state index contributed by atoms with van der Waals surface area (Å²) in [5.41, 5.74) is 9.08. The van der Waals surface area contributed by atoms with E-state index >= 15 is 0 Å². The fraction of sp³-hybridized carbons (Fsp3) is 0.256. The van der Waals surface area contributed by atoms with E-state index < -0.39 is 16.0 Å². The molecule has 0 saturated carbocycles. The highest BCUT2D eigenvalue weighted by atomic mass is 32.2. The van der Waals surface area contributed by atoms with Crippen LogP contribution >= 0.6 is 0 Å². The van der Waals surface area contributed by atoms with Gasteiger partial charge in [-0.1, -0.05) is 55.6 Å². The highest BCUT2D eigenvalue weighted by Gasteiger charge is 2.35. The van der Waals surface area contributed by atoms with Crippen LogP contribution in [0.5, 0.6) is 0 Å². The maximum Gasteiger partial charge on any atom is 0.333 e. The van der Waals surface area contributed by atoms with Gasteiger partial charge >= 0.3 is 5.97 Å². The Morgan fingerprint density at radius 1 is 0.923 bits per heavy atom. The minimum absolute atomic E-state index is 0.0243. The van der Waals surface area contributed by atoms with Crippen molar-refractivity contribution in [3.8, 4) is 11.3 Å². The zero-order valence-corrected chi connectivity index (χ0v) is 30.4. The van der Waals surface area contributed by atoms with Crippen LogP contribution in [0.1, 0.15) is 43.4 Å². The van der Waals surface area contributed by atoms with E-state index in [9.17, 15) is 13.2 Å². The number of para-hydroxylation sites is 2. The monoisotopic (exact) mass is 712 g/mol. The van der Waals surface area contributed by atoms with Crippen LogP contribution in [0.25, 0.3) is 27.9 Å². The normalized spacial score (nSPS) is 17.7. The highest BCUT2D eigenvalue weighted by Crippen LogP contribution is 2.43. The molecule has 1 fully saturated rings. The standard InChI is InChI=1S/C43H42N3O5S/c1-5-35(29(4)52(48,49)44-22-20-34(21-23-44)50-43(47)28(2)3)42-36-16-14-32(45-24-18-30-10-6-8-12-38(30)45)26-40(36)51-41-27-33(15-17-37(41)42)46-25-19-31-11-7-9-13-39(31)46/h5-17,26-27,34H,2,4,18-25H2,1,3H3/q+1/b35-5+. The van der Waals surface area contributed by atoms with Crippen LogP contribution in [0.4, 0.5) is 17.1 Å². The lowest BCUT2D eigenvalue weighted by molar-refractivity contribution is -0.145. The van der Waals surface area contributed by atoms with Crippen molar-refractivity contribution >= 4 is 49.6 Å². The molecule has 5 aliphatic rings. The second-order valence-corrected chi connectivity index (χ2v) is 15.8. The van der Waals surface area contributed by atoms with Crippen LogP contribution in [-0.2, 0) is 32.4 Å². The molecule has 8 rings (SSSR count). The first-order chi connectivity index (χ1) is 25.1. The van der Waals surface area contributed by atoms with Gasteiger partial charge in [-0.15, -0.1) is 0 Å². The van der Waals surface area contributed by atoms with E-state index in [0.717, 1.165) is 53.5 Å². The van der Waals surface area contributed by atoms with Crippen molar-refractivity contribution < 1.29 is 22.4 Å². The summed E-state index contributed by atoms with van der Waals surface area (Å²) in [6.07, 6.45) is 4.20. The number of benzene rings is 4.